The average molecular weight is 536 g/mol. The number of hydrazone groups is 1. The zero-order chi connectivity index (χ0) is 27.2. The molecule has 1 aromatic heterocycles. The molecule has 2 heterocycles. The lowest BCUT2D eigenvalue weighted by Crippen LogP contribution is -2.21. The van der Waals surface area contributed by atoms with Crippen LogP contribution in [0.2, 0.25) is 0 Å². The van der Waals surface area contributed by atoms with Crippen LogP contribution in [0, 0.1) is 11.6 Å². The van der Waals surface area contributed by atoms with Gasteiger partial charge in [-0.3, -0.25) is 5.01 Å². The van der Waals surface area contributed by atoms with E-state index in [1.165, 1.54) is 36.5 Å². The second kappa shape index (κ2) is 9.26. The second-order valence-electron chi connectivity index (χ2n) is 8.57. The van der Waals surface area contributed by atoms with Gasteiger partial charge in [0.25, 0.3) is 0 Å². The van der Waals surface area contributed by atoms with Crippen molar-refractivity contribution in [3.63, 3.8) is 0 Å². The summed E-state index contributed by atoms with van der Waals surface area (Å²) < 4.78 is 108. The number of imidazole rings is 1. The fraction of sp³-hybridized carbons (Fsp3) is 0.154. The summed E-state index contributed by atoms with van der Waals surface area (Å²) in [5, 5.41) is 5.84. The van der Waals surface area contributed by atoms with Crippen molar-refractivity contribution in [3.8, 4) is 22.5 Å². The number of rotatable bonds is 4. The first-order valence-corrected chi connectivity index (χ1v) is 11.1. The molecule has 5 rings (SSSR count). The first-order valence-electron chi connectivity index (χ1n) is 11.1. The number of halogens is 8. The number of nitrogens with zero attached hydrogens (tertiary/aromatic N) is 3. The number of hydrogen-bond acceptors (Lipinski definition) is 3. The van der Waals surface area contributed by atoms with E-state index in [1.807, 2.05) is 0 Å². The molecule has 0 bridgehead atoms. The number of H-pyrrole nitrogens is 1. The van der Waals surface area contributed by atoms with Gasteiger partial charge in [-0.05, 0) is 47.0 Å². The van der Waals surface area contributed by atoms with Gasteiger partial charge in [0.05, 0.1) is 47.4 Å². The summed E-state index contributed by atoms with van der Waals surface area (Å²) in [4.78, 5) is 7.22. The molecule has 12 heteroatoms. The van der Waals surface area contributed by atoms with Gasteiger partial charge in [-0.15, -0.1) is 0 Å². The van der Waals surface area contributed by atoms with E-state index >= 15 is 0 Å². The van der Waals surface area contributed by atoms with Gasteiger partial charge in [-0.25, -0.2) is 13.8 Å². The van der Waals surface area contributed by atoms with Gasteiger partial charge in [0.15, 0.2) is 11.6 Å². The fourth-order valence-electron chi connectivity index (χ4n) is 4.17. The highest BCUT2D eigenvalue weighted by atomic mass is 19.4. The number of hydrogen-bond donors (Lipinski definition) is 1. The predicted molar refractivity (Wildman–Crippen MR) is 123 cm³/mol. The van der Waals surface area contributed by atoms with Gasteiger partial charge < -0.3 is 4.98 Å². The highest BCUT2D eigenvalue weighted by Crippen LogP contribution is 2.41. The Morgan fingerprint density at radius 1 is 0.842 bits per heavy atom. The Morgan fingerprint density at radius 2 is 1.61 bits per heavy atom. The molecule has 38 heavy (non-hydrogen) atoms. The van der Waals surface area contributed by atoms with Crippen LogP contribution in [-0.2, 0) is 25.4 Å². The SMILES string of the molecule is Fc1cccc(-c2nc3c([nH]2)C=NN(Cc2cccc(-c4ccc(C(F)(F)F)cc4C(F)(F)F)c2)C3)c1F. The maximum absolute atomic E-state index is 14.2. The Labute approximate surface area is 210 Å². The minimum Gasteiger partial charge on any atom is -0.337 e. The largest absolute Gasteiger partial charge is 0.417 e. The van der Waals surface area contributed by atoms with Gasteiger partial charge in [-0.2, -0.15) is 31.4 Å². The number of nitrogens with one attached hydrogen (secondary N) is 1. The Morgan fingerprint density at radius 3 is 2.34 bits per heavy atom. The molecule has 196 valence electrons. The lowest BCUT2D eigenvalue weighted by Gasteiger charge is -2.22. The van der Waals surface area contributed by atoms with Crippen molar-refractivity contribution >= 4 is 6.21 Å². The van der Waals surface area contributed by atoms with Crippen LogP contribution in [0.3, 0.4) is 0 Å². The summed E-state index contributed by atoms with van der Waals surface area (Å²) in [5.41, 5.74) is -1.59. The van der Waals surface area contributed by atoms with Crippen LogP contribution >= 0.6 is 0 Å². The van der Waals surface area contributed by atoms with Gasteiger partial charge in [-0.1, -0.05) is 30.3 Å². The minimum atomic E-state index is -5.00. The molecule has 0 atom stereocenters. The van der Waals surface area contributed by atoms with Crippen LogP contribution in [0.1, 0.15) is 28.1 Å². The summed E-state index contributed by atoms with van der Waals surface area (Å²) in [6.45, 7) is 0.305. The molecule has 0 fully saturated rings. The Hall–Kier alpha value is -4.22. The van der Waals surface area contributed by atoms with Crippen molar-refractivity contribution in [1.29, 1.82) is 0 Å². The van der Waals surface area contributed by atoms with E-state index in [-0.39, 0.29) is 41.7 Å². The highest BCUT2D eigenvalue weighted by Gasteiger charge is 2.38. The van der Waals surface area contributed by atoms with Crippen LogP contribution in [0.15, 0.2) is 65.8 Å². The number of fused-ring (bicyclic) bond motifs is 1. The zero-order valence-corrected chi connectivity index (χ0v) is 19.1. The predicted octanol–water partition coefficient (Wildman–Crippen LogP) is 7.41. The molecule has 0 spiro atoms. The quantitative estimate of drug-likeness (QED) is 0.276. The van der Waals surface area contributed by atoms with Crippen LogP contribution in [0.25, 0.3) is 22.5 Å². The minimum absolute atomic E-state index is 0.0518. The average Bonchev–Trinajstić information content (AvgIpc) is 3.27. The second-order valence-corrected chi connectivity index (χ2v) is 8.57. The van der Waals surface area contributed by atoms with Crippen molar-refractivity contribution in [2.45, 2.75) is 25.4 Å². The molecular formula is C26H16F8N4. The van der Waals surface area contributed by atoms with Gasteiger partial charge in [0, 0.05) is 0 Å². The van der Waals surface area contributed by atoms with E-state index in [1.54, 1.807) is 11.1 Å². The normalized spacial score (nSPS) is 13.6. The monoisotopic (exact) mass is 536 g/mol. The standard InChI is InChI=1S/C26H16F8N4/c27-20-6-2-5-18(23(20)28)24-36-21-11-35-38(13-22(21)37-24)12-14-3-1-4-15(9-14)17-8-7-16(25(29,30)31)10-19(17)26(32,33)34/h1-11H,12-13H2,(H,36,37). The molecule has 1 aliphatic rings. The number of aromatic amines is 1. The topological polar surface area (TPSA) is 44.3 Å². The zero-order valence-electron chi connectivity index (χ0n) is 19.1. The summed E-state index contributed by atoms with van der Waals surface area (Å²) in [6.07, 6.45) is -8.48. The van der Waals surface area contributed by atoms with E-state index in [4.69, 9.17) is 0 Å². The lowest BCUT2D eigenvalue weighted by molar-refractivity contribution is -0.142. The van der Waals surface area contributed by atoms with Crippen LogP contribution < -0.4 is 0 Å². The summed E-state index contributed by atoms with van der Waals surface area (Å²) in [6, 6.07) is 11.2. The van der Waals surface area contributed by atoms with Crippen molar-refractivity contribution in [1.82, 2.24) is 15.0 Å². The third-order valence-corrected chi connectivity index (χ3v) is 5.96. The van der Waals surface area contributed by atoms with Crippen LogP contribution in [0.4, 0.5) is 35.1 Å². The smallest absolute Gasteiger partial charge is 0.337 e. The number of alkyl halides is 6. The maximum Gasteiger partial charge on any atom is 0.417 e. The number of aromatic nitrogens is 2. The molecule has 4 aromatic rings. The molecule has 1 aliphatic heterocycles. The molecule has 1 N–H and O–H groups in total. The van der Waals surface area contributed by atoms with Crippen LogP contribution in [0.5, 0.6) is 0 Å². The third-order valence-electron chi connectivity index (χ3n) is 5.96. The van der Waals surface area contributed by atoms with Gasteiger partial charge in [0.1, 0.15) is 5.82 Å². The van der Waals surface area contributed by atoms with Crippen molar-refractivity contribution in [3.05, 3.63) is 100 Å². The van der Waals surface area contributed by atoms with Gasteiger partial charge in [0.2, 0.25) is 0 Å². The van der Waals surface area contributed by atoms with E-state index in [0.717, 1.165) is 12.1 Å². The fourth-order valence-corrected chi connectivity index (χ4v) is 4.17. The van der Waals surface area contributed by atoms with Crippen molar-refractivity contribution < 1.29 is 35.1 Å². The molecule has 0 unspecified atom stereocenters. The first-order chi connectivity index (χ1) is 17.9. The molecule has 3 aromatic carbocycles. The molecule has 0 aliphatic carbocycles. The summed E-state index contributed by atoms with van der Waals surface area (Å²) >= 11 is 0. The maximum atomic E-state index is 14.2. The van der Waals surface area contributed by atoms with Gasteiger partial charge >= 0.3 is 12.4 Å². The van der Waals surface area contributed by atoms with E-state index < -0.39 is 35.1 Å². The van der Waals surface area contributed by atoms with E-state index in [9.17, 15) is 35.1 Å². The Kier molecular flexibility index (Phi) is 6.20. The van der Waals surface area contributed by atoms with Crippen LogP contribution in [-0.4, -0.2) is 21.2 Å². The third kappa shape index (κ3) is 4.98. The molecule has 0 radical (unpaired) electrons. The molecule has 4 nitrogen and oxygen atoms in total. The molecule has 0 saturated heterocycles. The highest BCUT2D eigenvalue weighted by molar-refractivity contribution is 5.81. The molecule has 0 amide bonds. The Balaban J connectivity index is 1.39. The summed E-state index contributed by atoms with van der Waals surface area (Å²) in [7, 11) is 0. The van der Waals surface area contributed by atoms with Crippen molar-refractivity contribution in [2.75, 3.05) is 0 Å². The van der Waals surface area contributed by atoms with E-state index in [2.05, 4.69) is 15.1 Å². The first kappa shape index (κ1) is 25.4. The molecular weight excluding hydrogens is 520 g/mol. The molecule has 0 saturated carbocycles. The van der Waals surface area contributed by atoms with E-state index in [0.29, 0.717) is 23.0 Å². The number of benzene rings is 3. The Bertz CT molecular complexity index is 1540. The lowest BCUT2D eigenvalue weighted by atomic mass is 9.95. The summed E-state index contributed by atoms with van der Waals surface area (Å²) in [5.74, 6) is -1.95. The van der Waals surface area contributed by atoms with Crippen molar-refractivity contribution in [2.24, 2.45) is 5.10 Å².